The number of hydrogen-bond acceptors (Lipinski definition) is 2. The van der Waals surface area contributed by atoms with Gasteiger partial charge in [0.1, 0.15) is 0 Å². The van der Waals surface area contributed by atoms with Gasteiger partial charge >= 0.3 is 0 Å². The average Bonchev–Trinajstić information content (AvgIpc) is 2.04. The molecule has 1 rings (SSSR count). The zero-order chi connectivity index (χ0) is 8.27. The van der Waals surface area contributed by atoms with Gasteiger partial charge in [0.2, 0.25) is 0 Å². The van der Waals surface area contributed by atoms with E-state index in [1.54, 1.807) is 12.3 Å². The lowest BCUT2D eigenvalue weighted by Crippen LogP contribution is -2.23. The Morgan fingerprint density at radius 3 is 3.00 bits per heavy atom. The summed E-state index contributed by atoms with van der Waals surface area (Å²) in [5.41, 5.74) is -0.0261. The third kappa shape index (κ3) is 1.67. The quantitative estimate of drug-likeness (QED) is 0.638. The summed E-state index contributed by atoms with van der Waals surface area (Å²) in [7, 11) is 0. The Balaban J connectivity index is 3.03. The molecule has 1 aromatic heterocycles. The van der Waals surface area contributed by atoms with Crippen molar-refractivity contribution < 1.29 is 0 Å². The van der Waals surface area contributed by atoms with Crippen LogP contribution in [0.3, 0.4) is 0 Å². The van der Waals surface area contributed by atoms with Crippen LogP contribution in [0.25, 0.3) is 0 Å². The van der Waals surface area contributed by atoms with Crippen molar-refractivity contribution in [3.63, 3.8) is 0 Å². The summed E-state index contributed by atoms with van der Waals surface area (Å²) in [6.07, 6.45) is 2.56. The van der Waals surface area contributed by atoms with Gasteiger partial charge in [0.15, 0.2) is 0 Å². The Morgan fingerprint density at radius 2 is 2.45 bits per heavy atom. The second-order valence-electron chi connectivity index (χ2n) is 2.56. The van der Waals surface area contributed by atoms with Crippen molar-refractivity contribution >= 4 is 0 Å². The number of aromatic nitrogens is 2. The largest absolute Gasteiger partial charge is 0.268 e. The van der Waals surface area contributed by atoms with E-state index in [9.17, 15) is 4.79 Å². The lowest BCUT2D eigenvalue weighted by Gasteiger charge is -2.09. The van der Waals surface area contributed by atoms with E-state index in [1.165, 1.54) is 10.7 Å². The second kappa shape index (κ2) is 3.32. The third-order valence-corrected chi connectivity index (χ3v) is 1.75. The molecule has 0 bridgehead atoms. The van der Waals surface area contributed by atoms with Crippen LogP contribution in [-0.4, -0.2) is 9.78 Å². The predicted octanol–water partition coefficient (Wildman–Crippen LogP) is 1.21. The maximum absolute atomic E-state index is 11.1. The summed E-state index contributed by atoms with van der Waals surface area (Å²) >= 11 is 0. The van der Waals surface area contributed by atoms with Gasteiger partial charge in [-0.1, -0.05) is 6.92 Å². The van der Waals surface area contributed by atoms with Crippen molar-refractivity contribution in [1.29, 1.82) is 0 Å². The number of nitrogens with zero attached hydrogens (tertiary/aromatic N) is 2. The second-order valence-corrected chi connectivity index (χ2v) is 2.56. The van der Waals surface area contributed by atoms with E-state index >= 15 is 0 Å². The van der Waals surface area contributed by atoms with Gasteiger partial charge in [0.05, 0.1) is 6.04 Å². The first-order valence-corrected chi connectivity index (χ1v) is 3.79. The van der Waals surface area contributed by atoms with E-state index in [0.29, 0.717) is 0 Å². The molecule has 0 radical (unpaired) electrons. The Labute approximate surface area is 65.7 Å². The molecule has 11 heavy (non-hydrogen) atoms. The first kappa shape index (κ1) is 7.98. The summed E-state index contributed by atoms with van der Waals surface area (Å²) in [5.74, 6) is 0. The maximum Gasteiger partial charge on any atom is 0.266 e. The van der Waals surface area contributed by atoms with Crippen molar-refractivity contribution in [2.75, 3.05) is 0 Å². The molecular weight excluding hydrogens is 140 g/mol. The number of hydrogen-bond donors (Lipinski definition) is 0. The van der Waals surface area contributed by atoms with Gasteiger partial charge < -0.3 is 0 Å². The highest BCUT2D eigenvalue weighted by atomic mass is 16.1. The summed E-state index contributed by atoms with van der Waals surface area (Å²) in [6.45, 7) is 4.01. The van der Waals surface area contributed by atoms with E-state index < -0.39 is 0 Å². The van der Waals surface area contributed by atoms with Crippen LogP contribution >= 0.6 is 0 Å². The fourth-order valence-corrected chi connectivity index (χ4v) is 0.873. The minimum absolute atomic E-state index is 0.0261. The fraction of sp³-hybridized carbons (Fsp3) is 0.500. The van der Waals surface area contributed by atoms with Crippen molar-refractivity contribution in [3.8, 4) is 0 Å². The molecule has 0 aliphatic heterocycles. The van der Waals surface area contributed by atoms with E-state index in [0.717, 1.165) is 6.42 Å². The van der Waals surface area contributed by atoms with E-state index in [-0.39, 0.29) is 11.6 Å². The molecule has 0 N–H and O–H groups in total. The van der Waals surface area contributed by atoms with Gasteiger partial charge in [0, 0.05) is 12.3 Å². The van der Waals surface area contributed by atoms with Crippen LogP contribution in [-0.2, 0) is 0 Å². The highest BCUT2D eigenvalue weighted by Crippen LogP contribution is 2.02. The summed E-state index contributed by atoms with van der Waals surface area (Å²) in [6, 6.07) is 3.38. The van der Waals surface area contributed by atoms with Crippen molar-refractivity contribution in [2.24, 2.45) is 0 Å². The zero-order valence-corrected chi connectivity index (χ0v) is 6.82. The molecule has 1 unspecified atom stereocenters. The first-order chi connectivity index (χ1) is 5.25. The lowest BCUT2D eigenvalue weighted by molar-refractivity contribution is 0.454. The molecule has 0 aliphatic rings. The van der Waals surface area contributed by atoms with Crippen LogP contribution < -0.4 is 5.56 Å². The molecule has 0 saturated carbocycles. The molecule has 0 fully saturated rings. The lowest BCUT2D eigenvalue weighted by atomic mass is 10.3. The van der Waals surface area contributed by atoms with Gasteiger partial charge in [-0.25, -0.2) is 4.68 Å². The molecule has 1 heterocycles. The van der Waals surface area contributed by atoms with E-state index in [2.05, 4.69) is 5.10 Å². The molecule has 3 nitrogen and oxygen atoms in total. The van der Waals surface area contributed by atoms with E-state index in [1.807, 2.05) is 13.8 Å². The standard InChI is InChI=1S/C8H12N2O/c1-3-7(2)10-8(11)5-4-6-9-10/h4-7H,3H2,1-2H3. The molecule has 0 saturated heterocycles. The molecule has 1 atom stereocenters. The SMILES string of the molecule is CCC(C)n1ncccc1=O. The van der Waals surface area contributed by atoms with Gasteiger partial charge in [-0.2, -0.15) is 5.10 Å². The summed E-state index contributed by atoms with van der Waals surface area (Å²) in [4.78, 5) is 11.1. The summed E-state index contributed by atoms with van der Waals surface area (Å²) in [5, 5.41) is 3.95. The number of rotatable bonds is 2. The monoisotopic (exact) mass is 152 g/mol. The molecule has 0 spiro atoms. The van der Waals surface area contributed by atoms with Crippen molar-refractivity contribution in [2.45, 2.75) is 26.3 Å². The predicted molar refractivity (Wildman–Crippen MR) is 43.5 cm³/mol. The smallest absolute Gasteiger partial charge is 0.266 e. The highest BCUT2D eigenvalue weighted by Gasteiger charge is 2.02. The molecule has 0 amide bonds. The van der Waals surface area contributed by atoms with Gasteiger partial charge in [-0.3, -0.25) is 4.79 Å². The highest BCUT2D eigenvalue weighted by molar-refractivity contribution is 4.85. The van der Waals surface area contributed by atoms with Crippen molar-refractivity contribution in [1.82, 2.24) is 9.78 Å². The molecule has 60 valence electrons. The van der Waals surface area contributed by atoms with Crippen LogP contribution in [0, 0.1) is 0 Å². The third-order valence-electron chi connectivity index (χ3n) is 1.75. The van der Waals surface area contributed by atoms with Gasteiger partial charge in [-0.05, 0) is 19.4 Å². The average molecular weight is 152 g/mol. The van der Waals surface area contributed by atoms with Crippen molar-refractivity contribution in [3.05, 3.63) is 28.7 Å². The minimum Gasteiger partial charge on any atom is -0.268 e. The van der Waals surface area contributed by atoms with Crippen LogP contribution in [0.2, 0.25) is 0 Å². The Morgan fingerprint density at radius 1 is 1.73 bits per heavy atom. The Hall–Kier alpha value is -1.12. The topological polar surface area (TPSA) is 34.9 Å². The Kier molecular flexibility index (Phi) is 2.41. The molecule has 0 aliphatic carbocycles. The van der Waals surface area contributed by atoms with Crippen LogP contribution in [0.4, 0.5) is 0 Å². The van der Waals surface area contributed by atoms with Gasteiger partial charge in [0.25, 0.3) is 5.56 Å². The van der Waals surface area contributed by atoms with Crippen LogP contribution in [0.15, 0.2) is 23.1 Å². The molecule has 1 aromatic rings. The fourth-order valence-electron chi connectivity index (χ4n) is 0.873. The maximum atomic E-state index is 11.1. The summed E-state index contributed by atoms with van der Waals surface area (Å²) < 4.78 is 1.50. The molecule has 3 heteroatoms. The zero-order valence-electron chi connectivity index (χ0n) is 6.82. The minimum atomic E-state index is -0.0261. The normalized spacial score (nSPS) is 12.9. The first-order valence-electron chi connectivity index (χ1n) is 3.79. The molecular formula is C8H12N2O. The molecule has 0 aromatic carbocycles. The Bertz CT molecular complexity index is 279. The van der Waals surface area contributed by atoms with Gasteiger partial charge in [-0.15, -0.1) is 0 Å². The van der Waals surface area contributed by atoms with E-state index in [4.69, 9.17) is 0 Å². The van der Waals surface area contributed by atoms with Crippen LogP contribution in [0.1, 0.15) is 26.3 Å². The van der Waals surface area contributed by atoms with Crippen LogP contribution in [0.5, 0.6) is 0 Å².